The molecule has 2 aliphatic heterocycles. The van der Waals surface area contributed by atoms with Crippen molar-refractivity contribution in [2.75, 3.05) is 31.6 Å². The number of nitrogens with zero attached hydrogens (tertiary/aromatic N) is 1. The van der Waals surface area contributed by atoms with Crippen molar-refractivity contribution in [3.63, 3.8) is 0 Å². The van der Waals surface area contributed by atoms with Crippen LogP contribution in [-0.4, -0.2) is 43.0 Å². The highest BCUT2D eigenvalue weighted by molar-refractivity contribution is 6.34. The van der Waals surface area contributed by atoms with Gasteiger partial charge in [0.25, 0.3) is 0 Å². The molecule has 1 aromatic carbocycles. The standard InChI is InChI=1S/C19H25ClN2O4/c1-2-5-18(23)22-7-3-6-13(12-22)19(24)21-15-11-17-16(10-14(15)20)25-8-4-9-26-17/h10-11,13H,2-9,12H2,1H3,(H,21,24). The van der Waals surface area contributed by atoms with E-state index in [9.17, 15) is 9.59 Å². The molecule has 1 aromatic rings. The molecule has 26 heavy (non-hydrogen) atoms. The number of amides is 2. The largest absolute Gasteiger partial charge is 0.490 e. The monoisotopic (exact) mass is 380 g/mol. The van der Waals surface area contributed by atoms with E-state index in [0.717, 1.165) is 32.2 Å². The van der Waals surface area contributed by atoms with Crippen molar-refractivity contribution < 1.29 is 19.1 Å². The number of anilines is 1. The van der Waals surface area contributed by atoms with E-state index in [1.807, 2.05) is 6.92 Å². The summed E-state index contributed by atoms with van der Waals surface area (Å²) in [7, 11) is 0. The Morgan fingerprint density at radius 1 is 1.23 bits per heavy atom. The number of rotatable bonds is 4. The molecule has 2 heterocycles. The summed E-state index contributed by atoms with van der Waals surface area (Å²) < 4.78 is 11.3. The van der Waals surface area contributed by atoms with Crippen LogP contribution >= 0.6 is 11.6 Å². The predicted octanol–water partition coefficient (Wildman–Crippen LogP) is 3.48. The van der Waals surface area contributed by atoms with Crippen LogP contribution in [0.1, 0.15) is 39.0 Å². The van der Waals surface area contributed by atoms with Crippen LogP contribution in [0, 0.1) is 5.92 Å². The van der Waals surface area contributed by atoms with E-state index < -0.39 is 0 Å². The van der Waals surface area contributed by atoms with Crippen LogP contribution in [0.2, 0.25) is 5.02 Å². The maximum Gasteiger partial charge on any atom is 0.229 e. The van der Waals surface area contributed by atoms with E-state index >= 15 is 0 Å². The average molecular weight is 381 g/mol. The molecule has 0 radical (unpaired) electrons. The van der Waals surface area contributed by atoms with Crippen LogP contribution < -0.4 is 14.8 Å². The van der Waals surface area contributed by atoms with Gasteiger partial charge in [0.2, 0.25) is 11.8 Å². The Labute approximate surface area is 158 Å². The number of piperidine rings is 1. The molecule has 7 heteroatoms. The molecular formula is C19H25ClN2O4. The number of carbonyl (C=O) groups excluding carboxylic acids is 2. The molecule has 1 saturated heterocycles. The summed E-state index contributed by atoms with van der Waals surface area (Å²) in [5.74, 6) is 0.968. The maximum absolute atomic E-state index is 12.7. The van der Waals surface area contributed by atoms with Crippen LogP contribution in [0.15, 0.2) is 12.1 Å². The number of likely N-dealkylation sites (tertiary alicyclic amines) is 1. The zero-order valence-corrected chi connectivity index (χ0v) is 15.8. The third-order valence-electron chi connectivity index (χ3n) is 4.70. The molecule has 0 bridgehead atoms. The highest BCUT2D eigenvalue weighted by atomic mass is 35.5. The summed E-state index contributed by atoms with van der Waals surface area (Å²) in [5.41, 5.74) is 0.512. The van der Waals surface area contributed by atoms with Gasteiger partial charge in [-0.2, -0.15) is 0 Å². The Morgan fingerprint density at radius 2 is 1.96 bits per heavy atom. The van der Waals surface area contributed by atoms with Crippen molar-refractivity contribution in [3.05, 3.63) is 17.2 Å². The molecule has 1 unspecified atom stereocenters. The zero-order valence-electron chi connectivity index (χ0n) is 15.1. The fourth-order valence-electron chi connectivity index (χ4n) is 3.30. The molecule has 0 aromatic heterocycles. The number of halogens is 1. The van der Waals surface area contributed by atoms with Crippen molar-refractivity contribution in [1.82, 2.24) is 4.90 Å². The van der Waals surface area contributed by atoms with Gasteiger partial charge in [0.05, 0.1) is 29.8 Å². The molecule has 1 N–H and O–H groups in total. The number of hydrogen-bond donors (Lipinski definition) is 1. The van der Waals surface area contributed by atoms with E-state index in [1.165, 1.54) is 0 Å². The Balaban J connectivity index is 1.67. The second kappa shape index (κ2) is 8.62. The summed E-state index contributed by atoms with van der Waals surface area (Å²) in [5, 5.41) is 3.31. The molecule has 2 amide bonds. The van der Waals surface area contributed by atoms with Crippen LogP contribution in [0.5, 0.6) is 11.5 Å². The molecule has 0 spiro atoms. The molecule has 0 saturated carbocycles. The van der Waals surface area contributed by atoms with E-state index in [2.05, 4.69) is 5.32 Å². The molecule has 3 rings (SSSR count). The van der Waals surface area contributed by atoms with Crippen molar-refractivity contribution in [3.8, 4) is 11.5 Å². The topological polar surface area (TPSA) is 67.9 Å². The first-order valence-corrected chi connectivity index (χ1v) is 9.64. The molecule has 0 aliphatic carbocycles. The minimum absolute atomic E-state index is 0.115. The SMILES string of the molecule is CCCC(=O)N1CCCC(C(=O)Nc2cc3c(cc2Cl)OCCCO3)C1. The summed E-state index contributed by atoms with van der Waals surface area (Å²) >= 11 is 6.30. The Kier molecular flexibility index (Phi) is 6.25. The van der Waals surface area contributed by atoms with Gasteiger partial charge in [0.1, 0.15) is 0 Å². The Hall–Kier alpha value is -1.95. The zero-order chi connectivity index (χ0) is 18.5. The Bertz CT molecular complexity index is 680. The summed E-state index contributed by atoms with van der Waals surface area (Å²) in [4.78, 5) is 26.6. The maximum atomic E-state index is 12.7. The van der Waals surface area contributed by atoms with E-state index in [4.69, 9.17) is 21.1 Å². The summed E-state index contributed by atoms with van der Waals surface area (Å²) in [6, 6.07) is 3.39. The third kappa shape index (κ3) is 4.41. The average Bonchev–Trinajstić information content (AvgIpc) is 2.87. The number of benzene rings is 1. The van der Waals surface area contributed by atoms with E-state index in [0.29, 0.717) is 48.4 Å². The molecule has 2 aliphatic rings. The quantitative estimate of drug-likeness (QED) is 0.868. The Morgan fingerprint density at radius 3 is 2.69 bits per heavy atom. The predicted molar refractivity (Wildman–Crippen MR) is 99.9 cm³/mol. The van der Waals surface area contributed by atoms with Crippen molar-refractivity contribution in [2.24, 2.45) is 5.92 Å². The summed E-state index contributed by atoms with van der Waals surface area (Å²) in [6.45, 7) is 4.33. The number of ether oxygens (including phenoxy) is 2. The first kappa shape index (κ1) is 18.8. The second-order valence-corrected chi connectivity index (χ2v) is 7.15. The lowest BCUT2D eigenvalue weighted by atomic mass is 9.96. The molecule has 142 valence electrons. The van der Waals surface area contributed by atoms with E-state index in [-0.39, 0.29) is 17.7 Å². The van der Waals surface area contributed by atoms with Crippen LogP contribution in [-0.2, 0) is 9.59 Å². The van der Waals surface area contributed by atoms with Crippen LogP contribution in [0.25, 0.3) is 0 Å². The molecule has 1 fully saturated rings. The summed E-state index contributed by atoms with van der Waals surface area (Å²) in [6.07, 6.45) is 3.76. The van der Waals surface area contributed by atoms with Gasteiger partial charge < -0.3 is 19.7 Å². The lowest BCUT2D eigenvalue weighted by Crippen LogP contribution is -2.43. The van der Waals surface area contributed by atoms with Gasteiger partial charge in [-0.15, -0.1) is 0 Å². The fourth-order valence-corrected chi connectivity index (χ4v) is 3.51. The smallest absolute Gasteiger partial charge is 0.229 e. The van der Waals surface area contributed by atoms with Gasteiger partial charge in [-0.1, -0.05) is 18.5 Å². The second-order valence-electron chi connectivity index (χ2n) is 6.75. The van der Waals surface area contributed by atoms with Crippen LogP contribution in [0.3, 0.4) is 0 Å². The molecule has 1 atom stereocenters. The van der Waals surface area contributed by atoms with E-state index in [1.54, 1.807) is 17.0 Å². The first-order valence-electron chi connectivity index (χ1n) is 9.26. The van der Waals surface area contributed by atoms with Crippen molar-refractivity contribution in [2.45, 2.75) is 39.0 Å². The number of nitrogens with one attached hydrogen (secondary N) is 1. The number of fused-ring (bicyclic) bond motifs is 1. The number of carbonyl (C=O) groups is 2. The van der Waals surface area contributed by atoms with Gasteiger partial charge in [-0.25, -0.2) is 0 Å². The van der Waals surface area contributed by atoms with Crippen LogP contribution in [0.4, 0.5) is 5.69 Å². The molecular weight excluding hydrogens is 356 g/mol. The molecule has 6 nitrogen and oxygen atoms in total. The minimum Gasteiger partial charge on any atom is -0.490 e. The van der Waals surface area contributed by atoms with Gasteiger partial charge in [-0.05, 0) is 19.3 Å². The highest BCUT2D eigenvalue weighted by Gasteiger charge is 2.28. The van der Waals surface area contributed by atoms with Gasteiger partial charge in [-0.3, -0.25) is 9.59 Å². The fraction of sp³-hybridized carbons (Fsp3) is 0.579. The highest BCUT2D eigenvalue weighted by Crippen LogP contribution is 2.38. The van der Waals surface area contributed by atoms with Gasteiger partial charge >= 0.3 is 0 Å². The van der Waals surface area contributed by atoms with Crippen molar-refractivity contribution >= 4 is 29.1 Å². The lowest BCUT2D eigenvalue weighted by Gasteiger charge is -2.32. The minimum atomic E-state index is -0.225. The van der Waals surface area contributed by atoms with Gasteiger partial charge in [0.15, 0.2) is 11.5 Å². The lowest BCUT2D eigenvalue weighted by molar-refractivity contribution is -0.134. The first-order chi connectivity index (χ1) is 12.6. The van der Waals surface area contributed by atoms with Gasteiger partial charge in [0, 0.05) is 38.1 Å². The normalized spacial score (nSPS) is 19.6. The third-order valence-corrected chi connectivity index (χ3v) is 5.02. The number of hydrogen-bond acceptors (Lipinski definition) is 4. The van der Waals surface area contributed by atoms with Crippen molar-refractivity contribution in [1.29, 1.82) is 0 Å².